The Kier molecular flexibility index (Phi) is 3.44. The molecule has 0 aromatic heterocycles. The van der Waals surface area contributed by atoms with Gasteiger partial charge in [0.15, 0.2) is 0 Å². The average molecular weight is 279 g/mol. The zero-order valence-electron chi connectivity index (χ0n) is 12.1. The number of nitrogens with zero attached hydrogens (tertiary/aromatic N) is 1. The van der Waals surface area contributed by atoms with Crippen LogP contribution in [0.5, 0.6) is 0 Å². The molecule has 0 aromatic carbocycles. The van der Waals surface area contributed by atoms with Gasteiger partial charge < -0.3 is 9.57 Å². The van der Waals surface area contributed by atoms with Gasteiger partial charge in [-0.25, -0.2) is 0 Å². The molecule has 0 spiro atoms. The first-order valence-electron chi connectivity index (χ1n) is 7.42. The molecule has 3 aliphatic rings. The molecular weight excluding hydrogens is 258 g/mol. The van der Waals surface area contributed by atoms with Gasteiger partial charge in [-0.3, -0.25) is 9.59 Å². The second-order valence-corrected chi connectivity index (χ2v) is 6.14. The molecule has 2 unspecified atom stereocenters. The van der Waals surface area contributed by atoms with Crippen molar-refractivity contribution in [3.63, 3.8) is 0 Å². The van der Waals surface area contributed by atoms with Crippen LogP contribution in [-0.2, 0) is 19.2 Å². The van der Waals surface area contributed by atoms with E-state index < -0.39 is 11.8 Å². The molecule has 0 radical (unpaired) electrons. The van der Waals surface area contributed by atoms with E-state index in [4.69, 9.17) is 9.57 Å². The summed E-state index contributed by atoms with van der Waals surface area (Å²) in [6.07, 6.45) is 6.64. The van der Waals surface area contributed by atoms with E-state index in [2.05, 4.69) is 0 Å². The minimum atomic E-state index is -0.423. The third-order valence-electron chi connectivity index (χ3n) is 4.47. The van der Waals surface area contributed by atoms with Crippen molar-refractivity contribution in [1.82, 2.24) is 5.06 Å². The molecule has 3 saturated carbocycles. The van der Waals surface area contributed by atoms with E-state index in [1.165, 1.54) is 20.3 Å². The first-order valence-corrected chi connectivity index (χ1v) is 7.42. The Bertz CT molecular complexity index is 440. The predicted molar refractivity (Wildman–Crippen MR) is 70.9 cm³/mol. The number of ether oxygens (including phenoxy) is 1. The fraction of sp³-hybridized carbons (Fsp3) is 0.733. The van der Waals surface area contributed by atoms with Gasteiger partial charge in [-0.2, -0.15) is 0 Å². The summed E-state index contributed by atoms with van der Waals surface area (Å²) in [5, 5.41) is 0.788. The van der Waals surface area contributed by atoms with Crippen LogP contribution in [0.15, 0.2) is 11.5 Å². The summed E-state index contributed by atoms with van der Waals surface area (Å²) in [6, 6.07) is 0. The molecule has 0 saturated heterocycles. The molecule has 3 rings (SSSR count). The summed E-state index contributed by atoms with van der Waals surface area (Å²) in [5.41, 5.74) is 1.08. The van der Waals surface area contributed by atoms with Crippen molar-refractivity contribution in [2.45, 2.75) is 58.5 Å². The number of amides is 2. The standard InChI is InChI=1S/C15H21NO4/c1-9(17)16(10(2)18)20-15(11-4-3-5-11)19-14-7-12-6-13(12)8-14/h12-14H,3-8H2,1-2H3. The number of hydrogen-bond donors (Lipinski definition) is 0. The number of carbonyl (C=O) groups excluding carboxylic acids is 2. The largest absolute Gasteiger partial charge is 0.461 e. The van der Waals surface area contributed by atoms with Crippen LogP contribution < -0.4 is 0 Å². The van der Waals surface area contributed by atoms with E-state index in [-0.39, 0.29) is 6.10 Å². The number of hydroxylamine groups is 2. The molecule has 5 heteroatoms. The Labute approximate surface area is 118 Å². The molecule has 0 aromatic rings. The fourth-order valence-electron chi connectivity index (χ4n) is 3.07. The Morgan fingerprint density at radius 3 is 2.10 bits per heavy atom. The van der Waals surface area contributed by atoms with Gasteiger partial charge in [0.25, 0.3) is 11.8 Å². The number of hydrogen-bond acceptors (Lipinski definition) is 4. The van der Waals surface area contributed by atoms with Gasteiger partial charge in [0.05, 0.1) is 0 Å². The maximum Gasteiger partial charge on any atom is 0.306 e. The molecule has 0 heterocycles. The fourth-order valence-corrected chi connectivity index (χ4v) is 3.07. The number of rotatable bonds is 4. The van der Waals surface area contributed by atoms with Crippen molar-refractivity contribution in [3.05, 3.63) is 11.5 Å². The summed E-state index contributed by atoms with van der Waals surface area (Å²) >= 11 is 0. The van der Waals surface area contributed by atoms with Gasteiger partial charge in [0, 0.05) is 19.4 Å². The molecule has 0 N–H and O–H groups in total. The molecule has 3 fully saturated rings. The average Bonchev–Trinajstić information content (AvgIpc) is 2.90. The van der Waals surface area contributed by atoms with Crippen LogP contribution in [0.4, 0.5) is 0 Å². The third-order valence-corrected chi connectivity index (χ3v) is 4.47. The van der Waals surface area contributed by atoms with Crippen molar-refractivity contribution in [2.75, 3.05) is 0 Å². The van der Waals surface area contributed by atoms with E-state index in [0.29, 0.717) is 5.95 Å². The number of allylic oxidation sites excluding steroid dienone is 1. The monoisotopic (exact) mass is 279 g/mol. The van der Waals surface area contributed by atoms with Crippen LogP contribution in [0, 0.1) is 11.8 Å². The van der Waals surface area contributed by atoms with Crippen LogP contribution in [0.3, 0.4) is 0 Å². The highest BCUT2D eigenvalue weighted by atomic mass is 16.8. The maximum absolute atomic E-state index is 11.4. The van der Waals surface area contributed by atoms with E-state index in [0.717, 1.165) is 54.6 Å². The van der Waals surface area contributed by atoms with Gasteiger partial charge in [0.2, 0.25) is 0 Å². The van der Waals surface area contributed by atoms with Crippen LogP contribution >= 0.6 is 0 Å². The summed E-state index contributed by atoms with van der Waals surface area (Å²) in [4.78, 5) is 28.4. The molecule has 110 valence electrons. The first-order chi connectivity index (χ1) is 9.54. The molecule has 0 bridgehead atoms. The topological polar surface area (TPSA) is 55.8 Å². The lowest BCUT2D eigenvalue weighted by Gasteiger charge is -2.27. The zero-order valence-corrected chi connectivity index (χ0v) is 12.1. The highest BCUT2D eigenvalue weighted by Gasteiger charge is 2.47. The molecule has 2 amide bonds. The quantitative estimate of drug-likeness (QED) is 0.586. The molecule has 0 aliphatic heterocycles. The predicted octanol–water partition coefficient (Wildman–Crippen LogP) is 2.52. The van der Waals surface area contributed by atoms with Crippen molar-refractivity contribution in [2.24, 2.45) is 11.8 Å². The zero-order chi connectivity index (χ0) is 14.3. The van der Waals surface area contributed by atoms with Gasteiger partial charge in [0.1, 0.15) is 6.10 Å². The first kappa shape index (κ1) is 13.5. The molecule has 2 atom stereocenters. The second-order valence-electron chi connectivity index (χ2n) is 6.14. The highest BCUT2D eigenvalue weighted by Crippen LogP contribution is 2.53. The minimum Gasteiger partial charge on any atom is -0.461 e. The van der Waals surface area contributed by atoms with E-state index >= 15 is 0 Å². The highest BCUT2D eigenvalue weighted by molar-refractivity contribution is 5.91. The summed E-state index contributed by atoms with van der Waals surface area (Å²) in [5.74, 6) is 1.20. The number of imide groups is 1. The number of carbonyl (C=O) groups is 2. The van der Waals surface area contributed by atoms with Crippen molar-refractivity contribution in [1.29, 1.82) is 0 Å². The van der Waals surface area contributed by atoms with Crippen molar-refractivity contribution < 1.29 is 19.2 Å². The molecule has 3 aliphatic carbocycles. The molecule has 20 heavy (non-hydrogen) atoms. The van der Waals surface area contributed by atoms with Crippen LogP contribution in [0.25, 0.3) is 0 Å². The summed E-state index contributed by atoms with van der Waals surface area (Å²) in [6.45, 7) is 2.63. The lowest BCUT2D eigenvalue weighted by atomic mass is 9.93. The molecule has 5 nitrogen and oxygen atoms in total. The Morgan fingerprint density at radius 1 is 1.05 bits per heavy atom. The minimum absolute atomic E-state index is 0.183. The summed E-state index contributed by atoms with van der Waals surface area (Å²) < 4.78 is 5.96. The van der Waals surface area contributed by atoms with E-state index in [1.54, 1.807) is 0 Å². The third kappa shape index (κ3) is 2.67. The van der Waals surface area contributed by atoms with Crippen LogP contribution in [0.2, 0.25) is 0 Å². The van der Waals surface area contributed by atoms with Gasteiger partial charge >= 0.3 is 5.95 Å². The van der Waals surface area contributed by atoms with Crippen molar-refractivity contribution in [3.8, 4) is 0 Å². The van der Waals surface area contributed by atoms with Gasteiger partial charge in [-0.05, 0) is 50.4 Å². The Balaban J connectivity index is 1.67. The SMILES string of the molecule is CC(=O)N(OC(OC1CC2CC2C1)=C1CCC1)C(C)=O. The van der Waals surface area contributed by atoms with Gasteiger partial charge in [-0.1, -0.05) is 0 Å². The number of fused-ring (bicyclic) bond motifs is 1. The van der Waals surface area contributed by atoms with Crippen molar-refractivity contribution >= 4 is 11.8 Å². The Hall–Kier alpha value is -1.52. The normalized spacial score (nSPS) is 30.1. The van der Waals surface area contributed by atoms with Crippen LogP contribution in [-0.4, -0.2) is 23.0 Å². The van der Waals surface area contributed by atoms with Gasteiger partial charge in [-0.15, -0.1) is 5.06 Å². The smallest absolute Gasteiger partial charge is 0.306 e. The van der Waals surface area contributed by atoms with E-state index in [9.17, 15) is 9.59 Å². The lowest BCUT2D eigenvalue weighted by molar-refractivity contribution is -0.199. The van der Waals surface area contributed by atoms with E-state index in [1.807, 2.05) is 0 Å². The van der Waals surface area contributed by atoms with Crippen LogP contribution in [0.1, 0.15) is 52.4 Å². The maximum atomic E-state index is 11.4. The summed E-state index contributed by atoms with van der Waals surface area (Å²) in [7, 11) is 0. The lowest BCUT2D eigenvalue weighted by Crippen LogP contribution is -2.34. The molecular formula is C15H21NO4. The second kappa shape index (κ2) is 5.11. The Morgan fingerprint density at radius 2 is 1.65 bits per heavy atom.